The smallest absolute Gasteiger partial charge is 0.338 e. The number of halogens is 3. The predicted octanol–water partition coefficient (Wildman–Crippen LogP) is 3.45. The van der Waals surface area contributed by atoms with Crippen LogP contribution in [0.4, 0.5) is 13.2 Å². The molecule has 1 aromatic rings. The van der Waals surface area contributed by atoms with Gasteiger partial charge >= 0.3 is 6.18 Å². The maximum absolute atomic E-state index is 13.4. The minimum Gasteiger partial charge on any atom is -0.338 e. The van der Waals surface area contributed by atoms with E-state index in [2.05, 4.69) is 0 Å². The first kappa shape index (κ1) is 17.8. The second-order valence-corrected chi connectivity index (χ2v) is 6.22. The van der Waals surface area contributed by atoms with Crippen molar-refractivity contribution in [2.45, 2.75) is 56.8 Å². The highest BCUT2D eigenvalue weighted by molar-refractivity contribution is 5.78. The third-order valence-electron chi connectivity index (χ3n) is 4.45. The standard InChI is InChI=1S/C17H23F3N2O/c1-12(21)15-9-5-6-10-22(15)16(23)11-14(17(18,19)20)13-7-3-2-4-8-13/h2-4,7-8,12,14-15H,5-6,9-11,21H2,1H3. The topological polar surface area (TPSA) is 46.3 Å². The minimum absolute atomic E-state index is 0.128. The Hall–Kier alpha value is -1.56. The van der Waals surface area contributed by atoms with Crippen molar-refractivity contribution in [2.75, 3.05) is 6.54 Å². The molecule has 0 bridgehead atoms. The minimum atomic E-state index is -4.45. The zero-order valence-electron chi connectivity index (χ0n) is 13.2. The average Bonchev–Trinajstić information content (AvgIpc) is 2.52. The van der Waals surface area contributed by atoms with Crippen molar-refractivity contribution in [3.8, 4) is 0 Å². The molecule has 128 valence electrons. The third-order valence-corrected chi connectivity index (χ3v) is 4.45. The van der Waals surface area contributed by atoms with Gasteiger partial charge in [0.1, 0.15) is 0 Å². The number of rotatable bonds is 4. The van der Waals surface area contributed by atoms with Crippen LogP contribution in [0.15, 0.2) is 30.3 Å². The molecule has 1 amide bonds. The zero-order chi connectivity index (χ0) is 17.0. The van der Waals surface area contributed by atoms with Crippen LogP contribution >= 0.6 is 0 Å². The zero-order valence-corrected chi connectivity index (χ0v) is 13.2. The first-order chi connectivity index (χ1) is 10.8. The number of likely N-dealkylation sites (tertiary alicyclic amines) is 1. The SMILES string of the molecule is CC(N)C1CCCCN1C(=O)CC(c1ccccc1)C(F)(F)F. The summed E-state index contributed by atoms with van der Waals surface area (Å²) in [6.07, 6.45) is -2.48. The predicted molar refractivity (Wildman–Crippen MR) is 82.9 cm³/mol. The van der Waals surface area contributed by atoms with Crippen molar-refractivity contribution >= 4 is 5.91 Å². The van der Waals surface area contributed by atoms with Crippen molar-refractivity contribution in [1.29, 1.82) is 0 Å². The molecule has 3 nitrogen and oxygen atoms in total. The van der Waals surface area contributed by atoms with Gasteiger partial charge in [-0.05, 0) is 31.7 Å². The monoisotopic (exact) mass is 328 g/mol. The number of piperidine rings is 1. The van der Waals surface area contributed by atoms with Crippen molar-refractivity contribution in [3.63, 3.8) is 0 Å². The van der Waals surface area contributed by atoms with Crippen LogP contribution in [0.25, 0.3) is 0 Å². The lowest BCUT2D eigenvalue weighted by Gasteiger charge is -2.39. The molecule has 1 fully saturated rings. The molecule has 1 aliphatic rings. The van der Waals surface area contributed by atoms with E-state index in [0.29, 0.717) is 6.54 Å². The van der Waals surface area contributed by atoms with E-state index < -0.39 is 24.4 Å². The Kier molecular flexibility index (Phi) is 5.68. The molecule has 3 unspecified atom stereocenters. The van der Waals surface area contributed by atoms with Gasteiger partial charge in [0.2, 0.25) is 5.91 Å². The molecule has 1 saturated heterocycles. The quantitative estimate of drug-likeness (QED) is 0.920. The summed E-state index contributed by atoms with van der Waals surface area (Å²) < 4.78 is 40.2. The summed E-state index contributed by atoms with van der Waals surface area (Å²) in [4.78, 5) is 14.1. The first-order valence-electron chi connectivity index (χ1n) is 7.97. The molecule has 1 aromatic carbocycles. The van der Waals surface area contributed by atoms with Crippen molar-refractivity contribution < 1.29 is 18.0 Å². The fourth-order valence-electron chi connectivity index (χ4n) is 3.21. The highest BCUT2D eigenvalue weighted by Crippen LogP contribution is 2.38. The van der Waals surface area contributed by atoms with Crippen molar-refractivity contribution in [1.82, 2.24) is 4.90 Å². The van der Waals surface area contributed by atoms with Gasteiger partial charge in [0.15, 0.2) is 0 Å². The Morgan fingerprint density at radius 3 is 2.52 bits per heavy atom. The number of alkyl halides is 3. The second kappa shape index (κ2) is 7.34. The number of amides is 1. The normalized spacial score (nSPS) is 21.8. The van der Waals surface area contributed by atoms with E-state index >= 15 is 0 Å². The average molecular weight is 328 g/mol. The lowest BCUT2D eigenvalue weighted by molar-refractivity contribution is -0.162. The van der Waals surface area contributed by atoms with Crippen LogP contribution in [0.2, 0.25) is 0 Å². The molecule has 23 heavy (non-hydrogen) atoms. The summed E-state index contributed by atoms with van der Waals surface area (Å²) in [5.74, 6) is -2.23. The van der Waals surface area contributed by atoms with Crippen molar-refractivity contribution in [2.24, 2.45) is 5.73 Å². The molecule has 0 aromatic heterocycles. The Balaban J connectivity index is 2.17. The van der Waals surface area contributed by atoms with Gasteiger partial charge in [-0.1, -0.05) is 30.3 Å². The molecule has 0 spiro atoms. The van der Waals surface area contributed by atoms with Crippen LogP contribution in [-0.4, -0.2) is 35.6 Å². The Labute approximate surface area is 134 Å². The summed E-state index contributed by atoms with van der Waals surface area (Å²) in [5.41, 5.74) is 6.03. The number of hydrogen-bond acceptors (Lipinski definition) is 2. The van der Waals surface area contributed by atoms with E-state index in [0.717, 1.165) is 19.3 Å². The Morgan fingerprint density at radius 1 is 1.30 bits per heavy atom. The molecule has 0 aliphatic carbocycles. The molecule has 0 radical (unpaired) electrons. The maximum Gasteiger partial charge on any atom is 0.396 e. The number of nitrogens with zero attached hydrogens (tertiary/aromatic N) is 1. The fraction of sp³-hybridized carbons (Fsp3) is 0.588. The summed E-state index contributed by atoms with van der Waals surface area (Å²) in [6.45, 7) is 2.29. The lowest BCUT2D eigenvalue weighted by atomic mass is 9.92. The Bertz CT molecular complexity index is 516. The molecular weight excluding hydrogens is 305 g/mol. The number of carbonyl (C=O) groups is 1. The number of benzene rings is 1. The van der Waals surface area contributed by atoms with Crippen LogP contribution in [0.5, 0.6) is 0 Å². The van der Waals surface area contributed by atoms with E-state index in [1.807, 2.05) is 0 Å². The van der Waals surface area contributed by atoms with Gasteiger partial charge in [0.05, 0.1) is 5.92 Å². The molecule has 1 aliphatic heterocycles. The second-order valence-electron chi connectivity index (χ2n) is 6.22. The van der Waals surface area contributed by atoms with Gasteiger partial charge in [0, 0.05) is 25.0 Å². The van der Waals surface area contributed by atoms with E-state index in [1.54, 1.807) is 30.0 Å². The third kappa shape index (κ3) is 4.47. The van der Waals surface area contributed by atoms with Gasteiger partial charge in [0.25, 0.3) is 0 Å². The van der Waals surface area contributed by atoms with Gasteiger partial charge in [-0.25, -0.2) is 0 Å². The van der Waals surface area contributed by atoms with E-state index in [-0.39, 0.29) is 17.6 Å². The highest BCUT2D eigenvalue weighted by Gasteiger charge is 2.43. The number of hydrogen-bond donors (Lipinski definition) is 1. The van der Waals surface area contributed by atoms with E-state index in [9.17, 15) is 18.0 Å². The largest absolute Gasteiger partial charge is 0.396 e. The molecule has 1 heterocycles. The van der Waals surface area contributed by atoms with Crippen molar-refractivity contribution in [3.05, 3.63) is 35.9 Å². The molecule has 6 heteroatoms. The van der Waals surface area contributed by atoms with Crippen LogP contribution in [0.3, 0.4) is 0 Å². The maximum atomic E-state index is 13.4. The Morgan fingerprint density at radius 2 is 1.96 bits per heavy atom. The summed E-state index contributed by atoms with van der Waals surface area (Å²) in [5, 5.41) is 0. The summed E-state index contributed by atoms with van der Waals surface area (Å²) >= 11 is 0. The van der Waals surface area contributed by atoms with Crippen LogP contribution < -0.4 is 5.73 Å². The highest BCUT2D eigenvalue weighted by atomic mass is 19.4. The van der Waals surface area contributed by atoms with Crippen LogP contribution in [0, 0.1) is 0 Å². The van der Waals surface area contributed by atoms with E-state index in [1.165, 1.54) is 12.1 Å². The number of nitrogens with two attached hydrogens (primary N) is 1. The fourth-order valence-corrected chi connectivity index (χ4v) is 3.21. The molecule has 3 atom stereocenters. The molecule has 2 N–H and O–H groups in total. The molecular formula is C17H23F3N2O. The van der Waals surface area contributed by atoms with E-state index in [4.69, 9.17) is 5.73 Å². The van der Waals surface area contributed by atoms with Crippen LogP contribution in [0.1, 0.15) is 44.1 Å². The van der Waals surface area contributed by atoms with Crippen LogP contribution in [-0.2, 0) is 4.79 Å². The summed E-state index contributed by atoms with van der Waals surface area (Å²) in [7, 11) is 0. The molecule has 2 rings (SSSR count). The van der Waals surface area contributed by atoms with Gasteiger partial charge in [-0.15, -0.1) is 0 Å². The van der Waals surface area contributed by atoms with Gasteiger partial charge in [-0.2, -0.15) is 13.2 Å². The number of carbonyl (C=O) groups excluding carboxylic acids is 1. The van der Waals surface area contributed by atoms with Gasteiger partial charge < -0.3 is 10.6 Å². The molecule has 0 saturated carbocycles. The van der Waals surface area contributed by atoms with Gasteiger partial charge in [-0.3, -0.25) is 4.79 Å². The lowest BCUT2D eigenvalue weighted by Crippen LogP contribution is -2.52. The summed E-state index contributed by atoms with van der Waals surface area (Å²) in [6, 6.07) is 7.22. The first-order valence-corrected chi connectivity index (χ1v) is 7.97.